The first kappa shape index (κ1) is 16.8. The lowest BCUT2D eigenvalue weighted by Crippen LogP contribution is -2.38. The molecule has 0 saturated carbocycles. The Morgan fingerprint density at radius 1 is 0.958 bits per heavy atom. The molecule has 2 aromatic carbocycles. The third-order valence-corrected chi connectivity index (χ3v) is 4.03. The van der Waals surface area contributed by atoms with E-state index in [4.69, 9.17) is 9.47 Å². The fourth-order valence-electron chi connectivity index (χ4n) is 2.66. The maximum atomic E-state index is 5.99. The molecular formula is C19H25N3O2. The summed E-state index contributed by atoms with van der Waals surface area (Å²) in [5.74, 6) is 0.938. The minimum atomic E-state index is 0.697. The molecule has 1 aliphatic heterocycles. The van der Waals surface area contributed by atoms with Crippen molar-refractivity contribution in [2.75, 3.05) is 44.9 Å². The topological polar surface area (TPSA) is 45.8 Å². The number of hydrogen-bond donors (Lipinski definition) is 2. The van der Waals surface area contributed by atoms with Gasteiger partial charge in [0.15, 0.2) is 0 Å². The summed E-state index contributed by atoms with van der Waals surface area (Å²) in [4.78, 5) is 2.38. The maximum Gasteiger partial charge on any atom is 0.123 e. The van der Waals surface area contributed by atoms with Gasteiger partial charge in [0.2, 0.25) is 0 Å². The Kier molecular flexibility index (Phi) is 6.48. The Balaban J connectivity index is 1.45. The van der Waals surface area contributed by atoms with Gasteiger partial charge in [-0.15, -0.1) is 0 Å². The van der Waals surface area contributed by atoms with Gasteiger partial charge in [-0.25, -0.2) is 5.43 Å². The Labute approximate surface area is 143 Å². The molecule has 2 aromatic rings. The number of para-hydroxylation sites is 2. The molecule has 0 aromatic heterocycles. The molecule has 0 bridgehead atoms. The Hall–Kier alpha value is -2.08. The monoisotopic (exact) mass is 327 g/mol. The molecule has 0 unspecified atom stereocenters. The van der Waals surface area contributed by atoms with Crippen LogP contribution in [-0.4, -0.2) is 44.4 Å². The highest BCUT2D eigenvalue weighted by Gasteiger charge is 2.10. The minimum absolute atomic E-state index is 0.697. The molecular weight excluding hydrogens is 302 g/mol. The third kappa shape index (κ3) is 5.23. The number of nitrogens with one attached hydrogen (secondary N) is 2. The predicted octanol–water partition coefficient (Wildman–Crippen LogP) is 2.51. The van der Waals surface area contributed by atoms with E-state index in [0.29, 0.717) is 13.2 Å². The summed E-state index contributed by atoms with van der Waals surface area (Å²) in [7, 11) is 0. The van der Waals surface area contributed by atoms with Crippen molar-refractivity contribution in [1.82, 2.24) is 10.3 Å². The molecule has 5 heteroatoms. The zero-order chi connectivity index (χ0) is 16.5. The highest BCUT2D eigenvalue weighted by Crippen LogP contribution is 2.18. The predicted molar refractivity (Wildman–Crippen MR) is 96.1 cm³/mol. The molecule has 1 fully saturated rings. The fourth-order valence-corrected chi connectivity index (χ4v) is 2.66. The summed E-state index contributed by atoms with van der Waals surface area (Å²) in [5, 5.41) is 0. The molecule has 3 rings (SSSR count). The molecule has 1 saturated heterocycles. The van der Waals surface area contributed by atoms with Gasteiger partial charge in [0.1, 0.15) is 12.4 Å². The van der Waals surface area contributed by atoms with E-state index in [9.17, 15) is 0 Å². The van der Waals surface area contributed by atoms with Crippen LogP contribution in [0, 0.1) is 0 Å². The summed E-state index contributed by atoms with van der Waals surface area (Å²) in [6.45, 7) is 5.97. The van der Waals surface area contributed by atoms with Gasteiger partial charge in [-0.1, -0.05) is 36.4 Å². The van der Waals surface area contributed by atoms with Crippen LogP contribution in [0.4, 0.5) is 5.69 Å². The first-order valence-corrected chi connectivity index (χ1v) is 8.46. The number of nitrogens with zero attached hydrogens (tertiary/aromatic N) is 1. The first-order chi connectivity index (χ1) is 11.9. The quantitative estimate of drug-likeness (QED) is 0.730. The number of hydrogen-bond acceptors (Lipinski definition) is 5. The summed E-state index contributed by atoms with van der Waals surface area (Å²) in [5.41, 5.74) is 8.63. The first-order valence-electron chi connectivity index (χ1n) is 8.46. The second-order valence-corrected chi connectivity index (χ2v) is 5.75. The SMILES string of the molecule is c1ccc(NNCc2ccccc2OCCN2CCOCC2)cc1. The van der Waals surface area contributed by atoms with E-state index in [-0.39, 0.29) is 0 Å². The van der Waals surface area contributed by atoms with Crippen LogP contribution < -0.4 is 15.6 Å². The number of rotatable bonds is 8. The second-order valence-electron chi connectivity index (χ2n) is 5.75. The lowest BCUT2D eigenvalue weighted by atomic mass is 10.2. The van der Waals surface area contributed by atoms with Gasteiger partial charge in [-0.05, 0) is 18.2 Å². The van der Waals surface area contributed by atoms with Crippen LogP contribution in [0.15, 0.2) is 54.6 Å². The van der Waals surface area contributed by atoms with Crippen molar-refractivity contribution in [3.05, 3.63) is 60.2 Å². The zero-order valence-corrected chi connectivity index (χ0v) is 13.9. The van der Waals surface area contributed by atoms with Crippen molar-refractivity contribution in [1.29, 1.82) is 0 Å². The zero-order valence-electron chi connectivity index (χ0n) is 13.9. The van der Waals surface area contributed by atoms with Gasteiger partial charge in [-0.3, -0.25) is 4.90 Å². The Bertz CT molecular complexity index is 601. The molecule has 1 aliphatic rings. The van der Waals surface area contributed by atoms with Crippen LogP contribution in [0.25, 0.3) is 0 Å². The standard InChI is InChI=1S/C19H25N3O2/c1-2-7-18(8-3-1)21-20-16-17-6-4-5-9-19(17)24-15-12-22-10-13-23-14-11-22/h1-9,20-21H,10-16H2. The van der Waals surface area contributed by atoms with Gasteiger partial charge in [0, 0.05) is 37.4 Å². The van der Waals surface area contributed by atoms with Gasteiger partial charge < -0.3 is 14.9 Å². The van der Waals surface area contributed by atoms with Crippen LogP contribution >= 0.6 is 0 Å². The van der Waals surface area contributed by atoms with E-state index in [2.05, 4.69) is 21.8 Å². The molecule has 0 amide bonds. The van der Waals surface area contributed by atoms with Crippen LogP contribution in [0.2, 0.25) is 0 Å². The summed E-state index contributed by atoms with van der Waals surface area (Å²) >= 11 is 0. The van der Waals surface area contributed by atoms with Gasteiger partial charge in [0.25, 0.3) is 0 Å². The van der Waals surface area contributed by atoms with E-state index in [1.165, 1.54) is 0 Å². The average Bonchev–Trinajstić information content (AvgIpc) is 2.65. The van der Waals surface area contributed by atoms with Crippen molar-refractivity contribution in [3.8, 4) is 5.75 Å². The Morgan fingerprint density at radius 3 is 2.54 bits per heavy atom. The molecule has 0 atom stereocenters. The lowest BCUT2D eigenvalue weighted by molar-refractivity contribution is 0.0322. The highest BCUT2D eigenvalue weighted by atomic mass is 16.5. The largest absolute Gasteiger partial charge is 0.492 e. The second kappa shape index (κ2) is 9.27. The summed E-state index contributed by atoms with van der Waals surface area (Å²) < 4.78 is 11.4. The highest BCUT2D eigenvalue weighted by molar-refractivity contribution is 5.41. The van der Waals surface area contributed by atoms with Crippen LogP contribution in [0.5, 0.6) is 5.75 Å². The van der Waals surface area contributed by atoms with Crippen LogP contribution in [0.1, 0.15) is 5.56 Å². The van der Waals surface area contributed by atoms with Crippen molar-refractivity contribution in [2.24, 2.45) is 0 Å². The molecule has 5 nitrogen and oxygen atoms in total. The summed E-state index contributed by atoms with van der Waals surface area (Å²) in [6.07, 6.45) is 0. The van der Waals surface area contributed by atoms with Crippen molar-refractivity contribution in [2.45, 2.75) is 6.54 Å². The molecule has 24 heavy (non-hydrogen) atoms. The van der Waals surface area contributed by atoms with Crippen LogP contribution in [0.3, 0.4) is 0 Å². The van der Waals surface area contributed by atoms with Crippen molar-refractivity contribution >= 4 is 5.69 Å². The molecule has 0 aliphatic carbocycles. The molecule has 0 spiro atoms. The molecule has 1 heterocycles. The summed E-state index contributed by atoms with van der Waals surface area (Å²) in [6, 6.07) is 18.2. The molecule has 128 valence electrons. The number of anilines is 1. The number of ether oxygens (including phenoxy) is 2. The van der Waals surface area contributed by atoms with E-state index < -0.39 is 0 Å². The van der Waals surface area contributed by atoms with Gasteiger partial charge >= 0.3 is 0 Å². The third-order valence-electron chi connectivity index (χ3n) is 4.03. The van der Waals surface area contributed by atoms with E-state index in [0.717, 1.165) is 49.8 Å². The van der Waals surface area contributed by atoms with Gasteiger partial charge in [-0.2, -0.15) is 0 Å². The van der Waals surface area contributed by atoms with Crippen LogP contribution in [-0.2, 0) is 11.3 Å². The normalized spacial score (nSPS) is 15.2. The van der Waals surface area contributed by atoms with Crippen molar-refractivity contribution < 1.29 is 9.47 Å². The molecule has 0 radical (unpaired) electrons. The van der Waals surface area contributed by atoms with E-state index >= 15 is 0 Å². The number of benzene rings is 2. The van der Waals surface area contributed by atoms with Crippen molar-refractivity contribution in [3.63, 3.8) is 0 Å². The number of hydrazine groups is 1. The fraction of sp³-hybridized carbons (Fsp3) is 0.368. The molecule has 2 N–H and O–H groups in total. The maximum absolute atomic E-state index is 5.99. The Morgan fingerprint density at radius 2 is 1.71 bits per heavy atom. The minimum Gasteiger partial charge on any atom is -0.492 e. The smallest absolute Gasteiger partial charge is 0.123 e. The lowest BCUT2D eigenvalue weighted by Gasteiger charge is -2.26. The van der Waals surface area contributed by atoms with Gasteiger partial charge in [0.05, 0.1) is 13.2 Å². The average molecular weight is 327 g/mol. The van der Waals surface area contributed by atoms with E-state index in [1.807, 2.05) is 48.5 Å². The van der Waals surface area contributed by atoms with E-state index in [1.54, 1.807) is 0 Å². The number of morpholine rings is 1.